The fourth-order valence-electron chi connectivity index (χ4n) is 4.77. The second-order valence-electron chi connectivity index (χ2n) is 8.53. The van der Waals surface area contributed by atoms with Crippen molar-refractivity contribution in [3.63, 3.8) is 0 Å². The Morgan fingerprint density at radius 2 is 1.64 bits per heavy atom. The number of carbonyl (C=O) groups excluding carboxylic acids is 1. The molecule has 170 valence electrons. The third-order valence-electron chi connectivity index (χ3n) is 6.60. The van der Waals surface area contributed by atoms with Crippen LogP contribution < -0.4 is 19.9 Å². The van der Waals surface area contributed by atoms with Crippen LogP contribution in [0.1, 0.15) is 22.1 Å². The van der Waals surface area contributed by atoms with Crippen LogP contribution in [0.25, 0.3) is 0 Å². The number of ether oxygens (including phenoxy) is 1. The molecule has 0 aliphatic carbocycles. The number of para-hydroxylation sites is 1. The van der Waals surface area contributed by atoms with Gasteiger partial charge in [-0.1, -0.05) is 48.5 Å². The van der Waals surface area contributed by atoms with Gasteiger partial charge in [0.2, 0.25) is 0 Å². The zero-order valence-corrected chi connectivity index (χ0v) is 19.0. The number of piperazine rings is 1. The van der Waals surface area contributed by atoms with E-state index in [1.807, 2.05) is 48.5 Å². The van der Waals surface area contributed by atoms with Crippen molar-refractivity contribution in [2.24, 2.45) is 0 Å². The van der Waals surface area contributed by atoms with E-state index < -0.39 is 0 Å². The van der Waals surface area contributed by atoms with Gasteiger partial charge < -0.3 is 19.9 Å². The molecule has 0 radical (unpaired) electrons. The Hall–Kier alpha value is -3.51. The summed E-state index contributed by atoms with van der Waals surface area (Å²) >= 11 is 0. The first kappa shape index (κ1) is 21.3. The third kappa shape index (κ3) is 4.52. The molecule has 1 amide bonds. The molecule has 0 spiro atoms. The van der Waals surface area contributed by atoms with Crippen LogP contribution in [0.4, 0.5) is 11.4 Å². The zero-order valence-electron chi connectivity index (χ0n) is 19.0. The van der Waals surface area contributed by atoms with Crippen molar-refractivity contribution in [1.29, 1.82) is 0 Å². The van der Waals surface area contributed by atoms with Gasteiger partial charge in [-0.3, -0.25) is 9.69 Å². The van der Waals surface area contributed by atoms with E-state index in [0.29, 0.717) is 0 Å². The second-order valence-corrected chi connectivity index (χ2v) is 8.53. The van der Waals surface area contributed by atoms with E-state index in [2.05, 4.69) is 50.3 Å². The number of carbonyl (C=O) groups is 1. The highest BCUT2D eigenvalue weighted by atomic mass is 16.5. The number of amides is 1. The van der Waals surface area contributed by atoms with Crippen molar-refractivity contribution in [1.82, 2.24) is 10.2 Å². The Bertz CT molecular complexity index is 1100. The molecule has 0 bridgehead atoms. The topological polar surface area (TPSA) is 48.1 Å². The van der Waals surface area contributed by atoms with E-state index in [-0.39, 0.29) is 12.1 Å². The lowest BCUT2D eigenvalue weighted by molar-refractivity contribution is 0.0925. The molecule has 1 N–H and O–H groups in total. The van der Waals surface area contributed by atoms with E-state index in [9.17, 15) is 4.79 Å². The summed E-state index contributed by atoms with van der Waals surface area (Å²) < 4.78 is 5.38. The molecule has 2 aliphatic heterocycles. The number of methoxy groups -OCH3 is 1. The highest BCUT2D eigenvalue weighted by Gasteiger charge is 2.31. The van der Waals surface area contributed by atoms with Gasteiger partial charge in [0.15, 0.2) is 0 Å². The maximum absolute atomic E-state index is 12.8. The number of fused-ring (bicyclic) bond motifs is 1. The first-order valence-corrected chi connectivity index (χ1v) is 11.6. The number of anilines is 2. The summed E-state index contributed by atoms with van der Waals surface area (Å²) in [4.78, 5) is 20.0. The summed E-state index contributed by atoms with van der Waals surface area (Å²) in [7, 11) is 1.71. The minimum atomic E-state index is -0.160. The van der Waals surface area contributed by atoms with Crippen LogP contribution in [0.3, 0.4) is 0 Å². The van der Waals surface area contributed by atoms with Crippen LogP contribution in [0.5, 0.6) is 5.75 Å². The largest absolute Gasteiger partial charge is 0.497 e. The minimum Gasteiger partial charge on any atom is -0.497 e. The molecule has 0 saturated carbocycles. The van der Waals surface area contributed by atoms with Crippen LogP contribution in [0.2, 0.25) is 0 Å². The monoisotopic (exact) mass is 442 g/mol. The van der Waals surface area contributed by atoms with Gasteiger partial charge in [0.05, 0.1) is 18.4 Å². The maximum atomic E-state index is 12.8. The Morgan fingerprint density at radius 3 is 2.42 bits per heavy atom. The van der Waals surface area contributed by atoms with Crippen LogP contribution in [0, 0.1) is 0 Å². The highest BCUT2D eigenvalue weighted by molar-refractivity contribution is 6.02. The number of hydrogen-bond donors (Lipinski definition) is 1. The zero-order chi connectivity index (χ0) is 22.6. The number of rotatable bonds is 6. The highest BCUT2D eigenvalue weighted by Crippen LogP contribution is 2.33. The predicted molar refractivity (Wildman–Crippen MR) is 132 cm³/mol. The molecule has 0 aromatic heterocycles. The lowest BCUT2D eigenvalue weighted by atomic mass is 10.0. The number of benzene rings is 3. The van der Waals surface area contributed by atoms with E-state index in [4.69, 9.17) is 4.74 Å². The van der Waals surface area contributed by atoms with Crippen molar-refractivity contribution >= 4 is 17.3 Å². The molecule has 3 aromatic carbocycles. The van der Waals surface area contributed by atoms with E-state index >= 15 is 0 Å². The lowest BCUT2D eigenvalue weighted by Crippen LogP contribution is -2.52. The van der Waals surface area contributed by atoms with Crippen molar-refractivity contribution in [2.75, 3.05) is 56.2 Å². The summed E-state index contributed by atoms with van der Waals surface area (Å²) in [6.45, 7) is 5.78. The molecule has 33 heavy (non-hydrogen) atoms. The molecule has 5 rings (SSSR count). The average Bonchev–Trinajstić information content (AvgIpc) is 2.89. The number of hydrogen-bond acceptors (Lipinski definition) is 5. The van der Waals surface area contributed by atoms with Gasteiger partial charge >= 0.3 is 0 Å². The SMILES string of the molecule is COc1cccc(N2CCN(CCN3c4ccccc4C(=O)NC3c3ccccc3)CC2)c1. The molecular weight excluding hydrogens is 412 g/mol. The smallest absolute Gasteiger partial charge is 0.255 e. The molecule has 1 fully saturated rings. The molecule has 1 unspecified atom stereocenters. The van der Waals surface area contributed by atoms with E-state index in [0.717, 1.165) is 61.8 Å². The van der Waals surface area contributed by atoms with Crippen LogP contribution in [-0.2, 0) is 0 Å². The molecule has 1 saturated heterocycles. The standard InChI is InChI=1S/C27H30N4O2/c1-33-23-11-7-10-22(20-23)30-17-14-29(15-18-30)16-19-31-25-13-6-5-12-24(25)27(32)28-26(31)21-8-3-2-4-9-21/h2-13,20,26H,14-19H2,1H3,(H,28,32). The van der Waals surface area contributed by atoms with Crippen LogP contribution in [0.15, 0.2) is 78.9 Å². The lowest BCUT2D eigenvalue weighted by Gasteiger charge is -2.41. The fraction of sp³-hybridized carbons (Fsp3) is 0.296. The van der Waals surface area contributed by atoms with Crippen LogP contribution in [-0.4, -0.2) is 57.2 Å². The summed E-state index contributed by atoms with van der Waals surface area (Å²) in [5, 5.41) is 3.21. The average molecular weight is 443 g/mol. The van der Waals surface area contributed by atoms with Gasteiger partial charge in [-0.25, -0.2) is 0 Å². The minimum absolute atomic E-state index is 0.0115. The number of nitrogens with one attached hydrogen (secondary N) is 1. The van der Waals surface area contributed by atoms with Crippen molar-refractivity contribution in [3.05, 3.63) is 90.0 Å². The second kappa shape index (κ2) is 9.55. The Kier molecular flexibility index (Phi) is 6.17. The van der Waals surface area contributed by atoms with E-state index in [1.165, 1.54) is 5.69 Å². The van der Waals surface area contributed by atoms with Gasteiger partial charge in [-0.15, -0.1) is 0 Å². The molecule has 3 aromatic rings. The van der Waals surface area contributed by atoms with E-state index in [1.54, 1.807) is 7.11 Å². The summed E-state index contributed by atoms with van der Waals surface area (Å²) in [6, 6.07) is 26.4. The molecule has 6 nitrogen and oxygen atoms in total. The molecule has 6 heteroatoms. The normalized spacial score (nSPS) is 18.6. The Labute approximate surface area is 195 Å². The van der Waals surface area contributed by atoms with Crippen molar-refractivity contribution < 1.29 is 9.53 Å². The van der Waals surface area contributed by atoms with Gasteiger partial charge in [0.1, 0.15) is 11.9 Å². The molecule has 2 aliphatic rings. The number of nitrogens with zero attached hydrogens (tertiary/aromatic N) is 3. The molecular formula is C27H30N4O2. The summed E-state index contributed by atoms with van der Waals surface area (Å²) in [6.07, 6.45) is -0.160. The van der Waals surface area contributed by atoms with Crippen molar-refractivity contribution in [2.45, 2.75) is 6.17 Å². The third-order valence-corrected chi connectivity index (χ3v) is 6.60. The first-order chi connectivity index (χ1) is 16.2. The molecule has 2 heterocycles. The van der Waals surface area contributed by atoms with Gasteiger partial charge in [0, 0.05) is 51.0 Å². The fourth-order valence-corrected chi connectivity index (χ4v) is 4.77. The van der Waals surface area contributed by atoms with Crippen molar-refractivity contribution in [3.8, 4) is 5.75 Å². The van der Waals surface area contributed by atoms with Gasteiger partial charge in [-0.05, 0) is 29.8 Å². The predicted octanol–water partition coefficient (Wildman–Crippen LogP) is 3.77. The summed E-state index contributed by atoms with van der Waals surface area (Å²) in [5.41, 5.74) is 4.06. The summed E-state index contributed by atoms with van der Waals surface area (Å²) in [5.74, 6) is 0.885. The Balaban J connectivity index is 1.27. The quantitative estimate of drug-likeness (QED) is 0.630. The van der Waals surface area contributed by atoms with Gasteiger partial charge in [0.25, 0.3) is 5.91 Å². The Morgan fingerprint density at radius 1 is 0.879 bits per heavy atom. The molecule has 1 atom stereocenters. The van der Waals surface area contributed by atoms with Crippen LogP contribution >= 0.6 is 0 Å². The first-order valence-electron chi connectivity index (χ1n) is 11.6. The van der Waals surface area contributed by atoms with Gasteiger partial charge in [-0.2, -0.15) is 0 Å². The maximum Gasteiger partial charge on any atom is 0.255 e.